The average Bonchev–Trinajstić information content (AvgIpc) is 3.09. The van der Waals surface area contributed by atoms with E-state index in [0.29, 0.717) is 23.9 Å². The molecule has 0 bridgehead atoms. The topological polar surface area (TPSA) is 71.3 Å². The summed E-state index contributed by atoms with van der Waals surface area (Å²) in [6.07, 6.45) is 5.33. The van der Waals surface area contributed by atoms with Crippen LogP contribution in [0.2, 0.25) is 0 Å². The number of hydrogen-bond donors (Lipinski definition) is 1. The molecule has 1 amide bonds. The smallest absolute Gasteiger partial charge is 0.318 e. The van der Waals surface area contributed by atoms with Crippen LogP contribution in [-0.2, 0) is 6.42 Å². The molecule has 1 aliphatic rings. The number of anilines is 1. The molecule has 4 rings (SSSR count). The van der Waals surface area contributed by atoms with E-state index in [2.05, 4.69) is 20.4 Å². The van der Waals surface area contributed by atoms with Gasteiger partial charge in [0.1, 0.15) is 6.04 Å². The van der Waals surface area contributed by atoms with E-state index in [-0.39, 0.29) is 5.91 Å². The third kappa shape index (κ3) is 5.06. The molecule has 0 radical (unpaired) electrons. The molecule has 1 aromatic heterocycles. The minimum Gasteiger partial charge on any atom is -0.406 e. The van der Waals surface area contributed by atoms with Crippen LogP contribution in [0.5, 0.6) is 0 Å². The molecule has 1 aliphatic heterocycles. The Labute approximate surface area is 177 Å². The number of carbonyl (C=O) groups is 1. The summed E-state index contributed by atoms with van der Waals surface area (Å²) in [6.45, 7) is 3.84. The monoisotopic (exact) mass is 404 g/mol. The fourth-order valence-electron chi connectivity index (χ4n) is 3.83. The van der Waals surface area contributed by atoms with E-state index in [0.717, 1.165) is 37.1 Å². The maximum atomic E-state index is 12.9. The summed E-state index contributed by atoms with van der Waals surface area (Å²) >= 11 is 0. The molecule has 30 heavy (non-hydrogen) atoms. The highest BCUT2D eigenvalue weighted by atomic mass is 16.4. The van der Waals surface area contributed by atoms with Crippen LogP contribution < -0.4 is 10.2 Å². The van der Waals surface area contributed by atoms with Gasteiger partial charge in [0.2, 0.25) is 5.89 Å². The Morgan fingerprint density at radius 2 is 1.80 bits per heavy atom. The Hall–Kier alpha value is -3.15. The molecule has 1 fully saturated rings. The zero-order chi connectivity index (χ0) is 20.8. The maximum Gasteiger partial charge on any atom is 0.318 e. The number of carbonyl (C=O) groups excluding carboxylic acids is 1. The minimum absolute atomic E-state index is 0.144. The Morgan fingerprint density at radius 1 is 1.03 bits per heavy atom. The van der Waals surface area contributed by atoms with Crippen LogP contribution in [0.25, 0.3) is 0 Å². The lowest BCUT2D eigenvalue weighted by Crippen LogP contribution is -2.30. The van der Waals surface area contributed by atoms with Gasteiger partial charge in [-0.25, -0.2) is 0 Å². The van der Waals surface area contributed by atoms with Crippen LogP contribution in [0.15, 0.2) is 59.0 Å². The maximum absolute atomic E-state index is 12.9. The summed E-state index contributed by atoms with van der Waals surface area (Å²) < 4.78 is 6.06. The lowest BCUT2D eigenvalue weighted by Gasteiger charge is -2.18. The van der Waals surface area contributed by atoms with Crippen molar-refractivity contribution in [1.82, 2.24) is 15.5 Å². The predicted molar refractivity (Wildman–Crippen MR) is 117 cm³/mol. The molecule has 0 aliphatic carbocycles. The van der Waals surface area contributed by atoms with Crippen LogP contribution in [0.4, 0.5) is 6.01 Å². The molecular weight excluding hydrogens is 376 g/mol. The van der Waals surface area contributed by atoms with Crippen LogP contribution in [-0.4, -0.2) is 29.2 Å². The Bertz CT molecular complexity index is 962. The summed E-state index contributed by atoms with van der Waals surface area (Å²) in [5.74, 6) is 0.299. The van der Waals surface area contributed by atoms with Crippen LogP contribution >= 0.6 is 0 Å². The molecule has 0 spiro atoms. The number of aromatic nitrogens is 2. The van der Waals surface area contributed by atoms with Crippen LogP contribution in [0.3, 0.4) is 0 Å². The lowest BCUT2D eigenvalue weighted by atomic mass is 10.0. The van der Waals surface area contributed by atoms with Gasteiger partial charge in [0.25, 0.3) is 5.91 Å². The first-order valence-electron chi connectivity index (χ1n) is 10.7. The van der Waals surface area contributed by atoms with E-state index < -0.39 is 6.04 Å². The first-order valence-corrected chi connectivity index (χ1v) is 10.7. The number of benzene rings is 2. The largest absolute Gasteiger partial charge is 0.406 e. The molecular formula is C24H28N4O2. The van der Waals surface area contributed by atoms with Crippen molar-refractivity contribution in [2.24, 2.45) is 0 Å². The molecule has 6 nitrogen and oxygen atoms in total. The van der Waals surface area contributed by atoms with Gasteiger partial charge in [0.15, 0.2) is 0 Å². The summed E-state index contributed by atoms with van der Waals surface area (Å²) in [7, 11) is 0. The van der Waals surface area contributed by atoms with Gasteiger partial charge in [0.05, 0.1) is 0 Å². The van der Waals surface area contributed by atoms with Gasteiger partial charge in [-0.05, 0) is 37.5 Å². The molecule has 2 aromatic carbocycles. The van der Waals surface area contributed by atoms with E-state index in [1.54, 1.807) is 0 Å². The van der Waals surface area contributed by atoms with Crippen LogP contribution in [0, 0.1) is 6.92 Å². The molecule has 0 saturated carbocycles. The van der Waals surface area contributed by atoms with Gasteiger partial charge in [-0.2, -0.15) is 0 Å². The summed E-state index contributed by atoms with van der Waals surface area (Å²) in [6, 6.07) is 17.8. The average molecular weight is 405 g/mol. The van der Waals surface area contributed by atoms with E-state index in [1.807, 2.05) is 61.5 Å². The van der Waals surface area contributed by atoms with E-state index in [9.17, 15) is 4.79 Å². The summed E-state index contributed by atoms with van der Waals surface area (Å²) in [4.78, 5) is 15.1. The molecule has 0 unspecified atom stereocenters. The van der Waals surface area contributed by atoms with Gasteiger partial charge in [-0.15, -0.1) is 5.10 Å². The van der Waals surface area contributed by atoms with Gasteiger partial charge in [0, 0.05) is 25.1 Å². The molecule has 156 valence electrons. The molecule has 2 heterocycles. The van der Waals surface area contributed by atoms with E-state index in [1.165, 1.54) is 12.8 Å². The highest BCUT2D eigenvalue weighted by Gasteiger charge is 2.24. The number of rotatable bonds is 6. The van der Waals surface area contributed by atoms with Crippen molar-refractivity contribution in [3.63, 3.8) is 0 Å². The predicted octanol–water partition coefficient (Wildman–Crippen LogP) is 4.47. The fourth-order valence-corrected chi connectivity index (χ4v) is 3.83. The summed E-state index contributed by atoms with van der Waals surface area (Å²) in [5, 5.41) is 11.7. The van der Waals surface area contributed by atoms with Crippen molar-refractivity contribution in [3.8, 4) is 0 Å². The van der Waals surface area contributed by atoms with Crippen molar-refractivity contribution in [1.29, 1.82) is 0 Å². The second-order valence-corrected chi connectivity index (χ2v) is 7.91. The SMILES string of the molecule is Cc1cccc(C(=O)N[C@@H](Cc2ccccc2)c2nnc(N3CCCCCC3)o2)c1. The molecule has 1 atom stereocenters. The van der Waals surface area contributed by atoms with Gasteiger partial charge in [-0.1, -0.05) is 66.0 Å². The number of aryl methyl sites for hydroxylation is 1. The standard InChI is InChI=1S/C24H28N4O2/c1-18-10-9-13-20(16-18)22(29)25-21(17-19-11-5-4-6-12-19)23-26-27-24(30-23)28-14-7-2-3-8-15-28/h4-6,9-13,16,21H,2-3,7-8,14-15,17H2,1H3,(H,25,29)/t21-/m0/s1. The highest BCUT2D eigenvalue weighted by molar-refractivity contribution is 5.94. The fraction of sp³-hybridized carbons (Fsp3) is 0.375. The van der Waals surface area contributed by atoms with Crippen molar-refractivity contribution in [2.45, 2.75) is 45.1 Å². The Balaban J connectivity index is 1.56. The quantitative estimate of drug-likeness (QED) is 0.656. The zero-order valence-corrected chi connectivity index (χ0v) is 17.4. The van der Waals surface area contributed by atoms with Gasteiger partial charge < -0.3 is 14.6 Å². The second kappa shape index (κ2) is 9.57. The second-order valence-electron chi connectivity index (χ2n) is 7.91. The van der Waals surface area contributed by atoms with E-state index in [4.69, 9.17) is 4.42 Å². The number of amides is 1. The normalized spacial score (nSPS) is 15.4. The number of hydrogen-bond acceptors (Lipinski definition) is 5. The van der Waals surface area contributed by atoms with Crippen molar-refractivity contribution < 1.29 is 9.21 Å². The lowest BCUT2D eigenvalue weighted by molar-refractivity contribution is 0.0930. The third-order valence-electron chi connectivity index (χ3n) is 5.47. The van der Waals surface area contributed by atoms with Gasteiger partial charge in [-0.3, -0.25) is 4.79 Å². The minimum atomic E-state index is -0.395. The third-order valence-corrected chi connectivity index (χ3v) is 5.47. The number of nitrogens with zero attached hydrogens (tertiary/aromatic N) is 3. The number of nitrogens with one attached hydrogen (secondary N) is 1. The molecule has 6 heteroatoms. The Morgan fingerprint density at radius 3 is 2.53 bits per heavy atom. The molecule has 1 saturated heterocycles. The van der Waals surface area contributed by atoms with E-state index >= 15 is 0 Å². The van der Waals surface area contributed by atoms with Crippen molar-refractivity contribution in [2.75, 3.05) is 18.0 Å². The first kappa shape index (κ1) is 20.1. The molecule has 1 N–H and O–H groups in total. The van der Waals surface area contributed by atoms with Crippen LogP contribution in [0.1, 0.15) is 59.1 Å². The van der Waals surface area contributed by atoms with Gasteiger partial charge >= 0.3 is 6.01 Å². The first-order chi connectivity index (χ1) is 14.7. The van der Waals surface area contributed by atoms with Crippen molar-refractivity contribution in [3.05, 3.63) is 77.2 Å². The van der Waals surface area contributed by atoms with Crippen molar-refractivity contribution >= 4 is 11.9 Å². The molecule has 3 aromatic rings. The Kier molecular flexibility index (Phi) is 6.42. The highest BCUT2D eigenvalue weighted by Crippen LogP contribution is 2.23. The zero-order valence-electron chi connectivity index (χ0n) is 17.4. The summed E-state index contributed by atoms with van der Waals surface area (Å²) in [5.41, 5.74) is 2.77.